The Labute approximate surface area is 125 Å². The molecule has 0 radical (unpaired) electrons. The molecule has 2 rings (SSSR count). The molecule has 2 unspecified atom stereocenters. The maximum absolute atomic E-state index is 13.1. The number of hydrogen-bond donors (Lipinski definition) is 1. The highest BCUT2D eigenvalue weighted by molar-refractivity contribution is 5.98. The summed E-state index contributed by atoms with van der Waals surface area (Å²) in [5, 5.41) is 20.1. The van der Waals surface area contributed by atoms with E-state index in [1.54, 1.807) is 0 Å². The molecule has 0 aliphatic carbocycles. The van der Waals surface area contributed by atoms with Gasteiger partial charge >= 0.3 is 5.97 Å². The average molecular weight is 310 g/mol. The van der Waals surface area contributed by atoms with E-state index in [2.05, 4.69) is 0 Å². The Morgan fingerprint density at radius 1 is 1.41 bits per heavy atom. The van der Waals surface area contributed by atoms with Gasteiger partial charge < -0.3 is 10.0 Å². The first kappa shape index (κ1) is 15.9. The minimum Gasteiger partial charge on any atom is -0.481 e. The Morgan fingerprint density at radius 2 is 2.09 bits per heavy atom. The van der Waals surface area contributed by atoms with Crippen LogP contribution in [0.4, 0.5) is 10.1 Å². The first-order chi connectivity index (χ1) is 10.3. The number of carboxylic acid groups (broad SMARTS) is 1. The summed E-state index contributed by atoms with van der Waals surface area (Å²) in [6.07, 6.45) is 0.449. The zero-order valence-corrected chi connectivity index (χ0v) is 11.9. The normalized spacial score (nSPS) is 21.5. The number of nitro benzene ring substituents is 1. The topological polar surface area (TPSA) is 101 Å². The third-order valence-electron chi connectivity index (χ3n) is 3.68. The summed E-state index contributed by atoms with van der Waals surface area (Å²) < 4.78 is 13.1. The molecule has 7 nitrogen and oxygen atoms in total. The number of likely N-dealkylation sites (tertiary alicyclic amines) is 1. The molecule has 0 aromatic heterocycles. The number of aliphatic carboxylic acids is 1. The van der Waals surface area contributed by atoms with E-state index in [0.717, 1.165) is 12.1 Å². The van der Waals surface area contributed by atoms with Crippen LogP contribution in [0, 0.1) is 27.8 Å². The lowest BCUT2D eigenvalue weighted by Crippen LogP contribution is -2.45. The molecule has 2 atom stereocenters. The fourth-order valence-electron chi connectivity index (χ4n) is 2.70. The van der Waals surface area contributed by atoms with Crippen molar-refractivity contribution in [3.63, 3.8) is 0 Å². The van der Waals surface area contributed by atoms with Gasteiger partial charge in [-0.1, -0.05) is 6.92 Å². The molecule has 22 heavy (non-hydrogen) atoms. The molecule has 1 aromatic carbocycles. The fraction of sp³-hybridized carbons (Fsp3) is 0.429. The highest BCUT2D eigenvalue weighted by atomic mass is 19.1. The van der Waals surface area contributed by atoms with Crippen molar-refractivity contribution in [2.45, 2.75) is 13.3 Å². The number of carbonyl (C=O) groups is 2. The van der Waals surface area contributed by atoms with Crippen LogP contribution in [-0.4, -0.2) is 39.9 Å². The Kier molecular flexibility index (Phi) is 4.39. The standard InChI is InChI=1S/C14H15FN2O5/c1-8-4-9(14(19)20)7-16(6-8)13(18)11-3-2-10(15)5-12(11)17(21)22/h2-3,5,8-9H,4,6-7H2,1H3,(H,19,20). The van der Waals surface area contributed by atoms with Gasteiger partial charge in [0.15, 0.2) is 0 Å². The number of amides is 1. The SMILES string of the molecule is CC1CC(C(=O)O)CN(C(=O)c2ccc(F)cc2[N+](=O)[O-])C1. The summed E-state index contributed by atoms with van der Waals surface area (Å²) in [7, 11) is 0. The second-order valence-corrected chi connectivity index (χ2v) is 5.50. The predicted molar refractivity (Wildman–Crippen MR) is 73.9 cm³/mol. The van der Waals surface area contributed by atoms with E-state index in [0.29, 0.717) is 19.0 Å². The van der Waals surface area contributed by atoms with Gasteiger partial charge in [-0.05, 0) is 24.5 Å². The molecule has 1 saturated heterocycles. The minimum atomic E-state index is -1.00. The average Bonchev–Trinajstić information content (AvgIpc) is 2.45. The highest BCUT2D eigenvalue weighted by Crippen LogP contribution is 2.26. The summed E-state index contributed by atoms with van der Waals surface area (Å²) >= 11 is 0. The number of benzene rings is 1. The smallest absolute Gasteiger partial charge is 0.308 e. The predicted octanol–water partition coefficient (Wildman–Crippen LogP) is 1.92. The molecule has 1 heterocycles. The van der Waals surface area contributed by atoms with Crippen molar-refractivity contribution in [1.29, 1.82) is 0 Å². The van der Waals surface area contributed by atoms with Gasteiger partial charge in [-0.2, -0.15) is 0 Å². The Balaban J connectivity index is 2.31. The number of hydrogen-bond acceptors (Lipinski definition) is 4. The third-order valence-corrected chi connectivity index (χ3v) is 3.68. The Bertz CT molecular complexity index is 634. The lowest BCUT2D eigenvalue weighted by Gasteiger charge is -2.34. The molecule has 1 amide bonds. The number of nitrogens with zero attached hydrogens (tertiary/aromatic N) is 2. The minimum absolute atomic E-state index is 0.00691. The van der Waals surface area contributed by atoms with Crippen molar-refractivity contribution in [1.82, 2.24) is 4.90 Å². The molecule has 8 heteroatoms. The largest absolute Gasteiger partial charge is 0.481 e. The van der Waals surface area contributed by atoms with E-state index in [9.17, 15) is 24.1 Å². The van der Waals surface area contributed by atoms with Crippen LogP contribution in [0.1, 0.15) is 23.7 Å². The molecular formula is C14H15FN2O5. The first-order valence-corrected chi connectivity index (χ1v) is 6.75. The number of halogens is 1. The van der Waals surface area contributed by atoms with Crippen molar-refractivity contribution in [3.8, 4) is 0 Å². The second kappa shape index (κ2) is 6.08. The molecule has 0 saturated carbocycles. The number of carboxylic acids is 1. The quantitative estimate of drug-likeness (QED) is 0.679. The van der Waals surface area contributed by atoms with E-state index in [1.807, 2.05) is 6.92 Å². The van der Waals surface area contributed by atoms with Gasteiger partial charge in [0, 0.05) is 13.1 Å². The summed E-state index contributed by atoms with van der Waals surface area (Å²) in [5.41, 5.74) is -0.847. The molecule has 1 aliphatic rings. The molecule has 1 fully saturated rings. The third kappa shape index (κ3) is 3.21. The van der Waals surface area contributed by atoms with Gasteiger partial charge in [-0.25, -0.2) is 4.39 Å². The lowest BCUT2D eigenvalue weighted by molar-refractivity contribution is -0.385. The van der Waals surface area contributed by atoms with Crippen LogP contribution in [0.2, 0.25) is 0 Å². The fourth-order valence-corrected chi connectivity index (χ4v) is 2.70. The zero-order chi connectivity index (χ0) is 16.4. The van der Waals surface area contributed by atoms with Crippen molar-refractivity contribution in [2.75, 3.05) is 13.1 Å². The van der Waals surface area contributed by atoms with Gasteiger partial charge in [-0.3, -0.25) is 19.7 Å². The molecule has 0 spiro atoms. The molecule has 1 N–H and O–H groups in total. The Morgan fingerprint density at radius 3 is 2.68 bits per heavy atom. The molecular weight excluding hydrogens is 295 g/mol. The van der Waals surface area contributed by atoms with Crippen molar-refractivity contribution >= 4 is 17.6 Å². The lowest BCUT2D eigenvalue weighted by atomic mass is 9.90. The molecule has 0 bridgehead atoms. The van der Waals surface area contributed by atoms with E-state index in [4.69, 9.17) is 5.11 Å². The van der Waals surface area contributed by atoms with E-state index < -0.39 is 34.2 Å². The van der Waals surface area contributed by atoms with Crippen molar-refractivity contribution < 1.29 is 24.0 Å². The van der Waals surface area contributed by atoms with E-state index >= 15 is 0 Å². The highest BCUT2D eigenvalue weighted by Gasteiger charge is 2.34. The monoisotopic (exact) mass is 310 g/mol. The molecule has 1 aromatic rings. The number of nitro groups is 1. The van der Waals surface area contributed by atoms with E-state index in [-0.39, 0.29) is 18.0 Å². The maximum Gasteiger partial charge on any atom is 0.308 e. The Hall–Kier alpha value is -2.51. The van der Waals surface area contributed by atoms with Crippen molar-refractivity contribution in [2.24, 2.45) is 11.8 Å². The molecule has 118 valence electrons. The number of rotatable bonds is 3. The van der Waals surface area contributed by atoms with E-state index in [1.165, 1.54) is 4.90 Å². The summed E-state index contributed by atoms with van der Waals surface area (Å²) in [5.74, 6) is -3.19. The van der Waals surface area contributed by atoms with Crippen LogP contribution < -0.4 is 0 Å². The van der Waals surface area contributed by atoms with Crippen LogP contribution in [-0.2, 0) is 4.79 Å². The second-order valence-electron chi connectivity index (χ2n) is 5.50. The molecule has 1 aliphatic heterocycles. The van der Waals surface area contributed by atoms with Crippen LogP contribution >= 0.6 is 0 Å². The van der Waals surface area contributed by atoms with Crippen LogP contribution in [0.3, 0.4) is 0 Å². The van der Waals surface area contributed by atoms with Crippen molar-refractivity contribution in [3.05, 3.63) is 39.7 Å². The number of carbonyl (C=O) groups excluding carboxylic acids is 1. The first-order valence-electron chi connectivity index (χ1n) is 6.75. The number of piperidine rings is 1. The van der Waals surface area contributed by atoms with Crippen LogP contribution in [0.25, 0.3) is 0 Å². The maximum atomic E-state index is 13.1. The summed E-state index contributed by atoms with van der Waals surface area (Å²) in [6, 6.07) is 2.72. The van der Waals surface area contributed by atoms with Gasteiger partial charge in [-0.15, -0.1) is 0 Å². The summed E-state index contributed by atoms with van der Waals surface area (Å²) in [6.45, 7) is 2.12. The zero-order valence-electron chi connectivity index (χ0n) is 11.9. The van der Waals surface area contributed by atoms with Crippen LogP contribution in [0.15, 0.2) is 18.2 Å². The summed E-state index contributed by atoms with van der Waals surface area (Å²) in [4.78, 5) is 35.0. The van der Waals surface area contributed by atoms with Gasteiger partial charge in [0.25, 0.3) is 11.6 Å². The van der Waals surface area contributed by atoms with Gasteiger partial charge in [0.2, 0.25) is 0 Å². The van der Waals surface area contributed by atoms with Crippen LogP contribution in [0.5, 0.6) is 0 Å². The van der Waals surface area contributed by atoms with Gasteiger partial charge in [0.05, 0.1) is 16.9 Å². The van der Waals surface area contributed by atoms with Gasteiger partial charge in [0.1, 0.15) is 11.4 Å².